The summed E-state index contributed by atoms with van der Waals surface area (Å²) in [5.74, 6) is -1.03. The first-order valence-corrected chi connectivity index (χ1v) is 9.56. The van der Waals surface area contributed by atoms with Crippen LogP contribution in [0.3, 0.4) is 0 Å². The van der Waals surface area contributed by atoms with E-state index in [0.717, 1.165) is 0 Å². The Bertz CT molecular complexity index is 1540. The summed E-state index contributed by atoms with van der Waals surface area (Å²) in [5, 5.41) is -0.189. The highest BCUT2D eigenvalue weighted by atomic mass is 19.1. The maximum absolute atomic E-state index is 14.4. The fourth-order valence-electron chi connectivity index (χ4n) is 3.65. The van der Waals surface area contributed by atoms with Gasteiger partial charge in [0.25, 0.3) is 0 Å². The number of aromatic nitrogens is 4. The molecule has 5 rings (SSSR count). The van der Waals surface area contributed by atoms with Crippen molar-refractivity contribution in [3.8, 4) is 11.1 Å². The Morgan fingerprint density at radius 2 is 1.81 bits per heavy atom. The van der Waals surface area contributed by atoms with Crippen LogP contribution in [0.5, 0.6) is 0 Å². The number of halogens is 3. The van der Waals surface area contributed by atoms with Crippen LogP contribution in [0, 0.1) is 17.7 Å². The number of anilines is 1. The van der Waals surface area contributed by atoms with E-state index in [9.17, 15) is 18.0 Å². The fourth-order valence-corrected chi connectivity index (χ4v) is 3.65. The van der Waals surface area contributed by atoms with Crippen molar-refractivity contribution in [3.63, 3.8) is 0 Å². The number of rotatable bonds is 4. The lowest BCUT2D eigenvalue weighted by Crippen LogP contribution is -2.12. The maximum atomic E-state index is 14.4. The van der Waals surface area contributed by atoms with E-state index in [4.69, 9.17) is 10.2 Å². The van der Waals surface area contributed by atoms with Gasteiger partial charge in [0.1, 0.15) is 33.9 Å². The lowest BCUT2D eigenvalue weighted by Gasteiger charge is -2.11. The number of nitrogens with two attached hydrogens (primary N) is 1. The number of imidazole rings is 1. The van der Waals surface area contributed by atoms with Crippen LogP contribution in [-0.4, -0.2) is 19.5 Å². The van der Waals surface area contributed by atoms with Gasteiger partial charge in [0, 0.05) is 13.0 Å². The molecule has 0 aliphatic carbocycles. The smallest absolute Gasteiger partial charge is 0.312 e. The minimum absolute atomic E-state index is 0.0870. The second kappa shape index (κ2) is 7.49. The molecule has 0 aliphatic rings. The van der Waals surface area contributed by atoms with Crippen molar-refractivity contribution in [2.75, 3.05) is 5.73 Å². The van der Waals surface area contributed by atoms with E-state index < -0.39 is 23.1 Å². The van der Waals surface area contributed by atoms with Crippen LogP contribution in [0.2, 0.25) is 0 Å². The van der Waals surface area contributed by atoms with E-state index in [1.54, 1.807) is 4.57 Å². The number of hydrogen-bond donors (Lipinski definition) is 1. The Labute approximate surface area is 178 Å². The Morgan fingerprint density at radius 1 is 1.03 bits per heavy atom. The minimum atomic E-state index is -0.989. The first-order chi connectivity index (χ1) is 15.4. The highest BCUT2D eigenvalue weighted by molar-refractivity contribution is 5.83. The fraction of sp³-hybridized carbons (Fsp3) is 0.0909. The molecule has 0 saturated carbocycles. The predicted octanol–water partition coefficient (Wildman–Crippen LogP) is 3.84. The average molecular weight is 437 g/mol. The summed E-state index contributed by atoms with van der Waals surface area (Å²) < 4.78 is 48.9. The zero-order chi connectivity index (χ0) is 22.4. The van der Waals surface area contributed by atoms with Gasteiger partial charge in [-0.3, -0.25) is 4.79 Å². The summed E-state index contributed by atoms with van der Waals surface area (Å²) >= 11 is 0. The van der Waals surface area contributed by atoms with Gasteiger partial charge < -0.3 is 14.7 Å². The number of aryl methyl sites for hydroxylation is 2. The van der Waals surface area contributed by atoms with Crippen LogP contribution in [0.15, 0.2) is 58.0 Å². The zero-order valence-electron chi connectivity index (χ0n) is 16.3. The van der Waals surface area contributed by atoms with Gasteiger partial charge in [-0.05, 0) is 29.8 Å². The first kappa shape index (κ1) is 19.7. The lowest BCUT2D eigenvalue weighted by molar-refractivity contribution is 0.511. The van der Waals surface area contributed by atoms with Gasteiger partial charge in [-0.1, -0.05) is 18.2 Å². The van der Waals surface area contributed by atoms with Crippen molar-refractivity contribution < 1.29 is 17.6 Å². The standard InChI is InChI=1S/C22H14F3N5O2/c23-12-6-4-11(5-7-12)16-15(32-14-3-1-2-13(24)17(14)19(16)31)8-9-30-10-27-18-20(26)28-22(25)29-21(18)30/h1-7,10H,8-9H2,(H2,26,28,29). The van der Waals surface area contributed by atoms with Gasteiger partial charge >= 0.3 is 6.08 Å². The summed E-state index contributed by atoms with van der Waals surface area (Å²) in [7, 11) is 0. The van der Waals surface area contributed by atoms with Crippen LogP contribution in [0.25, 0.3) is 33.3 Å². The third-order valence-electron chi connectivity index (χ3n) is 5.12. The Balaban J connectivity index is 1.64. The number of benzene rings is 2. The minimum Gasteiger partial charge on any atom is -0.460 e. The molecule has 160 valence electrons. The van der Waals surface area contributed by atoms with Gasteiger partial charge in [0.05, 0.1) is 11.9 Å². The largest absolute Gasteiger partial charge is 0.460 e. The molecule has 2 N–H and O–H groups in total. The van der Waals surface area contributed by atoms with Crippen LogP contribution in [-0.2, 0) is 13.0 Å². The van der Waals surface area contributed by atoms with Crippen molar-refractivity contribution in [1.29, 1.82) is 0 Å². The van der Waals surface area contributed by atoms with Gasteiger partial charge in [-0.25, -0.2) is 13.8 Å². The lowest BCUT2D eigenvalue weighted by atomic mass is 10.0. The molecule has 0 radical (unpaired) electrons. The normalized spacial score (nSPS) is 11.5. The maximum Gasteiger partial charge on any atom is 0.312 e. The summed E-state index contributed by atoms with van der Waals surface area (Å²) in [4.78, 5) is 24.5. The van der Waals surface area contributed by atoms with Crippen molar-refractivity contribution in [2.24, 2.45) is 0 Å². The molecule has 3 heterocycles. The third-order valence-corrected chi connectivity index (χ3v) is 5.12. The molecule has 32 heavy (non-hydrogen) atoms. The highest BCUT2D eigenvalue weighted by Gasteiger charge is 2.19. The molecule has 0 fully saturated rings. The van der Waals surface area contributed by atoms with Crippen LogP contribution in [0.1, 0.15) is 5.76 Å². The van der Waals surface area contributed by atoms with Crippen LogP contribution in [0.4, 0.5) is 19.0 Å². The van der Waals surface area contributed by atoms with Gasteiger partial charge in [-0.15, -0.1) is 0 Å². The summed E-state index contributed by atoms with van der Waals surface area (Å²) in [6.45, 7) is 0.199. The quantitative estimate of drug-likeness (QED) is 0.429. The Morgan fingerprint density at radius 3 is 2.59 bits per heavy atom. The molecule has 5 aromatic rings. The van der Waals surface area contributed by atoms with Gasteiger partial charge in [0.15, 0.2) is 11.5 Å². The topological polar surface area (TPSA) is 99.8 Å². The predicted molar refractivity (Wildman–Crippen MR) is 111 cm³/mol. The van der Waals surface area contributed by atoms with E-state index in [1.807, 2.05) is 0 Å². The van der Waals surface area contributed by atoms with Gasteiger partial charge in [-0.2, -0.15) is 14.4 Å². The zero-order valence-corrected chi connectivity index (χ0v) is 16.3. The summed E-state index contributed by atoms with van der Waals surface area (Å²) in [6.07, 6.45) is 0.591. The SMILES string of the molecule is Nc1nc(F)nc2c1ncn2CCc1oc2cccc(F)c2c(=O)c1-c1ccc(F)cc1. The molecule has 3 aromatic heterocycles. The monoisotopic (exact) mass is 437 g/mol. The van der Waals surface area contributed by atoms with E-state index in [0.29, 0.717) is 5.56 Å². The van der Waals surface area contributed by atoms with E-state index in [-0.39, 0.29) is 52.2 Å². The second-order valence-electron chi connectivity index (χ2n) is 7.09. The van der Waals surface area contributed by atoms with Crippen molar-refractivity contribution in [1.82, 2.24) is 19.5 Å². The van der Waals surface area contributed by atoms with Crippen molar-refractivity contribution >= 4 is 28.0 Å². The van der Waals surface area contributed by atoms with Crippen LogP contribution >= 0.6 is 0 Å². The summed E-state index contributed by atoms with van der Waals surface area (Å²) in [5.41, 5.74) is 6.14. The number of hydrogen-bond acceptors (Lipinski definition) is 6. The number of nitrogens with zero attached hydrogens (tertiary/aromatic N) is 4. The van der Waals surface area contributed by atoms with Crippen molar-refractivity contribution in [2.45, 2.75) is 13.0 Å². The molecule has 0 bridgehead atoms. The molecule has 10 heteroatoms. The Kier molecular flexibility index (Phi) is 4.62. The first-order valence-electron chi connectivity index (χ1n) is 9.56. The number of fused-ring (bicyclic) bond motifs is 2. The molecule has 0 spiro atoms. The molecule has 0 atom stereocenters. The van der Waals surface area contributed by atoms with Gasteiger partial charge in [0.2, 0.25) is 5.43 Å². The van der Waals surface area contributed by atoms with E-state index in [1.165, 1.54) is 48.8 Å². The molecular formula is C22H14F3N5O2. The molecular weight excluding hydrogens is 423 g/mol. The molecule has 7 nitrogen and oxygen atoms in total. The van der Waals surface area contributed by atoms with Crippen molar-refractivity contribution in [3.05, 3.63) is 82.5 Å². The highest BCUT2D eigenvalue weighted by Crippen LogP contribution is 2.27. The molecule has 0 unspecified atom stereocenters. The molecule has 0 aliphatic heterocycles. The average Bonchev–Trinajstić information content (AvgIpc) is 3.16. The molecule has 2 aromatic carbocycles. The molecule has 0 saturated heterocycles. The van der Waals surface area contributed by atoms with Crippen LogP contribution < -0.4 is 11.2 Å². The second-order valence-corrected chi connectivity index (χ2v) is 7.09. The van der Waals surface area contributed by atoms with E-state index in [2.05, 4.69) is 15.0 Å². The third kappa shape index (κ3) is 3.25. The van der Waals surface area contributed by atoms with E-state index >= 15 is 0 Å². The summed E-state index contributed by atoms with van der Waals surface area (Å²) in [6, 6.07) is 9.36. The Hall–Kier alpha value is -4.21. The number of nitrogen functional groups attached to an aromatic ring is 1. The molecule has 0 amide bonds.